The minimum Gasteiger partial charge on any atom is -0.387 e. The van der Waals surface area contributed by atoms with Crippen molar-refractivity contribution in [2.75, 3.05) is 5.32 Å². The first-order valence-corrected chi connectivity index (χ1v) is 8.36. The highest BCUT2D eigenvalue weighted by atomic mass is 16.3. The smallest absolute Gasteiger partial charge is 0.227 e. The SMILES string of the molecule is Cc1ccnc(-c2cnc(Nc3cc(C=O)ccc3C(=N)C(C)O)nc2)c1. The van der Waals surface area contributed by atoms with Crippen molar-refractivity contribution in [3.8, 4) is 11.3 Å². The summed E-state index contributed by atoms with van der Waals surface area (Å²) in [6.07, 6.45) is 4.81. The van der Waals surface area contributed by atoms with Gasteiger partial charge in [0.15, 0.2) is 0 Å². The van der Waals surface area contributed by atoms with Crippen molar-refractivity contribution in [3.05, 3.63) is 65.6 Å². The Morgan fingerprint density at radius 2 is 1.93 bits per heavy atom. The molecular formula is C20H19N5O2. The van der Waals surface area contributed by atoms with Gasteiger partial charge >= 0.3 is 0 Å². The van der Waals surface area contributed by atoms with Gasteiger partial charge in [0.05, 0.1) is 23.2 Å². The Kier molecular flexibility index (Phi) is 5.33. The maximum absolute atomic E-state index is 11.1. The molecule has 0 bridgehead atoms. The number of anilines is 2. The minimum atomic E-state index is -0.941. The van der Waals surface area contributed by atoms with E-state index in [1.54, 1.807) is 36.8 Å². The number of aldehydes is 1. The number of pyridine rings is 1. The van der Waals surface area contributed by atoms with Crippen molar-refractivity contribution < 1.29 is 9.90 Å². The van der Waals surface area contributed by atoms with Crippen molar-refractivity contribution in [1.82, 2.24) is 15.0 Å². The number of benzene rings is 1. The first-order chi connectivity index (χ1) is 13.0. The van der Waals surface area contributed by atoms with Gasteiger partial charge in [0.25, 0.3) is 0 Å². The number of carbonyl (C=O) groups excluding carboxylic acids is 1. The maximum Gasteiger partial charge on any atom is 0.227 e. The molecule has 3 N–H and O–H groups in total. The lowest BCUT2D eigenvalue weighted by atomic mass is 10.0. The second kappa shape index (κ2) is 7.84. The second-order valence-corrected chi connectivity index (χ2v) is 6.15. The van der Waals surface area contributed by atoms with Crippen LogP contribution in [0.2, 0.25) is 0 Å². The first-order valence-electron chi connectivity index (χ1n) is 8.36. The lowest BCUT2D eigenvalue weighted by Gasteiger charge is -2.14. The summed E-state index contributed by atoms with van der Waals surface area (Å²) >= 11 is 0. The normalized spacial score (nSPS) is 11.7. The van der Waals surface area contributed by atoms with Crippen LogP contribution in [0.1, 0.15) is 28.4 Å². The lowest BCUT2D eigenvalue weighted by molar-refractivity contribution is 0.112. The van der Waals surface area contributed by atoms with Gasteiger partial charge in [-0.3, -0.25) is 9.78 Å². The van der Waals surface area contributed by atoms with E-state index in [0.29, 0.717) is 29.0 Å². The van der Waals surface area contributed by atoms with Gasteiger partial charge in [0.2, 0.25) is 5.95 Å². The molecule has 136 valence electrons. The zero-order valence-electron chi connectivity index (χ0n) is 15.0. The summed E-state index contributed by atoms with van der Waals surface area (Å²) in [7, 11) is 0. The number of rotatable bonds is 6. The van der Waals surface area contributed by atoms with E-state index in [0.717, 1.165) is 16.8 Å². The molecular weight excluding hydrogens is 342 g/mol. The predicted molar refractivity (Wildman–Crippen MR) is 104 cm³/mol. The molecule has 0 saturated carbocycles. The molecule has 3 rings (SSSR count). The highest BCUT2D eigenvalue weighted by Crippen LogP contribution is 2.23. The van der Waals surface area contributed by atoms with E-state index in [1.165, 1.54) is 6.92 Å². The number of aliphatic hydroxyl groups is 1. The van der Waals surface area contributed by atoms with Crippen LogP contribution in [-0.4, -0.2) is 38.2 Å². The van der Waals surface area contributed by atoms with Crippen molar-refractivity contribution in [2.45, 2.75) is 20.0 Å². The third-order valence-electron chi connectivity index (χ3n) is 4.00. The second-order valence-electron chi connectivity index (χ2n) is 6.15. The van der Waals surface area contributed by atoms with Crippen LogP contribution >= 0.6 is 0 Å². The van der Waals surface area contributed by atoms with E-state index in [2.05, 4.69) is 20.3 Å². The average molecular weight is 361 g/mol. The number of nitrogens with zero attached hydrogens (tertiary/aromatic N) is 3. The van der Waals surface area contributed by atoms with Gasteiger partial charge in [-0.2, -0.15) is 0 Å². The van der Waals surface area contributed by atoms with Gasteiger partial charge in [-0.25, -0.2) is 9.97 Å². The minimum absolute atomic E-state index is 0.0375. The molecule has 1 unspecified atom stereocenters. The van der Waals surface area contributed by atoms with Crippen molar-refractivity contribution in [3.63, 3.8) is 0 Å². The van der Waals surface area contributed by atoms with Crippen molar-refractivity contribution in [1.29, 1.82) is 5.41 Å². The summed E-state index contributed by atoms with van der Waals surface area (Å²) in [5.41, 5.74) is 4.09. The summed E-state index contributed by atoms with van der Waals surface area (Å²) in [5, 5.41) is 20.8. The Morgan fingerprint density at radius 3 is 2.56 bits per heavy atom. The summed E-state index contributed by atoms with van der Waals surface area (Å²) in [5.74, 6) is 0.314. The molecule has 0 aliphatic rings. The molecule has 0 aliphatic heterocycles. The van der Waals surface area contributed by atoms with E-state index in [4.69, 9.17) is 5.41 Å². The zero-order chi connectivity index (χ0) is 19.4. The summed E-state index contributed by atoms with van der Waals surface area (Å²) in [6, 6.07) is 8.67. The highest BCUT2D eigenvalue weighted by molar-refractivity contribution is 6.06. The Bertz CT molecular complexity index is 984. The maximum atomic E-state index is 11.1. The van der Waals surface area contributed by atoms with Crippen LogP contribution in [0.4, 0.5) is 11.6 Å². The topological polar surface area (TPSA) is 112 Å². The monoisotopic (exact) mass is 361 g/mol. The molecule has 1 atom stereocenters. The van der Waals surface area contributed by atoms with Crippen LogP contribution < -0.4 is 5.32 Å². The van der Waals surface area contributed by atoms with Crippen LogP contribution in [0.25, 0.3) is 11.3 Å². The van der Waals surface area contributed by atoms with E-state index in [1.807, 2.05) is 19.1 Å². The van der Waals surface area contributed by atoms with Gasteiger partial charge in [0, 0.05) is 35.3 Å². The van der Waals surface area contributed by atoms with Crippen LogP contribution in [-0.2, 0) is 0 Å². The summed E-state index contributed by atoms with van der Waals surface area (Å²) in [4.78, 5) is 24.0. The first kappa shape index (κ1) is 18.3. The lowest BCUT2D eigenvalue weighted by Crippen LogP contribution is -2.18. The van der Waals surface area contributed by atoms with E-state index >= 15 is 0 Å². The molecule has 0 amide bonds. The molecule has 27 heavy (non-hydrogen) atoms. The fourth-order valence-electron chi connectivity index (χ4n) is 2.54. The highest BCUT2D eigenvalue weighted by Gasteiger charge is 2.14. The molecule has 0 spiro atoms. The Labute approximate surface area is 156 Å². The average Bonchev–Trinajstić information content (AvgIpc) is 2.68. The van der Waals surface area contributed by atoms with Gasteiger partial charge in [0.1, 0.15) is 6.29 Å². The van der Waals surface area contributed by atoms with Crippen molar-refractivity contribution >= 4 is 23.6 Å². The number of aromatic nitrogens is 3. The molecule has 2 aromatic heterocycles. The molecule has 0 fully saturated rings. The predicted octanol–water partition coefficient (Wildman–Crippen LogP) is 3.15. The Morgan fingerprint density at radius 1 is 1.19 bits per heavy atom. The molecule has 0 saturated heterocycles. The number of hydrogen-bond donors (Lipinski definition) is 3. The van der Waals surface area contributed by atoms with E-state index < -0.39 is 6.10 Å². The van der Waals surface area contributed by atoms with Gasteiger partial charge < -0.3 is 15.8 Å². The van der Waals surface area contributed by atoms with Crippen LogP contribution in [0, 0.1) is 12.3 Å². The number of nitrogens with one attached hydrogen (secondary N) is 2. The molecule has 1 aromatic carbocycles. The number of carbonyl (C=O) groups is 1. The number of aryl methyl sites for hydroxylation is 1. The Hall–Kier alpha value is -3.45. The van der Waals surface area contributed by atoms with Crippen LogP contribution in [0.3, 0.4) is 0 Å². The fourth-order valence-corrected chi connectivity index (χ4v) is 2.54. The van der Waals surface area contributed by atoms with Gasteiger partial charge in [-0.1, -0.05) is 12.1 Å². The largest absolute Gasteiger partial charge is 0.387 e. The van der Waals surface area contributed by atoms with Crippen LogP contribution in [0.5, 0.6) is 0 Å². The fraction of sp³-hybridized carbons (Fsp3) is 0.150. The van der Waals surface area contributed by atoms with Crippen LogP contribution in [0.15, 0.2) is 48.9 Å². The standard InChI is InChI=1S/C20H19N5O2/c1-12-5-6-22-17(7-12)15-9-23-20(24-10-15)25-18-8-14(11-26)3-4-16(18)19(21)13(2)27/h3-11,13,21,27H,1-2H3,(H,23,24,25). The summed E-state index contributed by atoms with van der Waals surface area (Å²) in [6.45, 7) is 3.50. The van der Waals surface area contributed by atoms with E-state index in [-0.39, 0.29) is 5.71 Å². The Balaban J connectivity index is 1.90. The van der Waals surface area contributed by atoms with Crippen molar-refractivity contribution in [2.24, 2.45) is 0 Å². The molecule has 0 aliphatic carbocycles. The molecule has 7 nitrogen and oxygen atoms in total. The zero-order valence-corrected chi connectivity index (χ0v) is 15.0. The third kappa shape index (κ3) is 4.21. The van der Waals surface area contributed by atoms with E-state index in [9.17, 15) is 9.90 Å². The summed E-state index contributed by atoms with van der Waals surface area (Å²) < 4.78 is 0. The molecule has 3 aromatic rings. The molecule has 0 radical (unpaired) electrons. The van der Waals surface area contributed by atoms with Gasteiger partial charge in [-0.05, 0) is 37.6 Å². The van der Waals surface area contributed by atoms with Gasteiger partial charge in [-0.15, -0.1) is 0 Å². The molecule has 7 heteroatoms. The number of aliphatic hydroxyl groups excluding tert-OH is 1. The molecule has 2 heterocycles. The quantitative estimate of drug-likeness (QED) is 0.459. The number of hydrogen-bond acceptors (Lipinski definition) is 7. The third-order valence-corrected chi connectivity index (χ3v) is 4.00.